The topological polar surface area (TPSA) is 122 Å². The maximum absolute atomic E-state index is 12.5. The van der Waals surface area contributed by atoms with E-state index >= 15 is 0 Å². The summed E-state index contributed by atoms with van der Waals surface area (Å²) in [6, 6.07) is 5.43. The molecule has 2 rings (SSSR count). The van der Waals surface area contributed by atoms with Gasteiger partial charge in [0.25, 0.3) is 0 Å². The zero-order valence-electron chi connectivity index (χ0n) is 12.9. The average Bonchev–Trinajstić information content (AvgIpc) is 2.60. The molecule has 0 fully saturated rings. The average molecular weight is 342 g/mol. The van der Waals surface area contributed by atoms with Crippen LogP contribution in [0.3, 0.4) is 0 Å². The minimum atomic E-state index is -0.745. The summed E-state index contributed by atoms with van der Waals surface area (Å²) < 4.78 is 10.6. The Labute approximate surface area is 143 Å². The van der Waals surface area contributed by atoms with Crippen LogP contribution in [-0.4, -0.2) is 23.3 Å². The number of carbonyl (C=O) groups is 1. The van der Waals surface area contributed by atoms with Crippen LogP contribution < -0.4 is 5.73 Å². The van der Waals surface area contributed by atoms with Gasteiger partial charge in [-0.3, -0.25) is 4.98 Å². The molecule has 1 aliphatic rings. The van der Waals surface area contributed by atoms with Crippen molar-refractivity contribution >= 4 is 17.7 Å². The van der Waals surface area contributed by atoms with E-state index in [4.69, 9.17) is 20.5 Å². The summed E-state index contributed by atoms with van der Waals surface area (Å²) in [7, 11) is 0. The van der Waals surface area contributed by atoms with E-state index < -0.39 is 11.9 Å². The number of nitriles is 2. The highest BCUT2D eigenvalue weighted by molar-refractivity contribution is 8.03. The van der Waals surface area contributed by atoms with Gasteiger partial charge < -0.3 is 15.2 Å². The summed E-state index contributed by atoms with van der Waals surface area (Å²) in [5.41, 5.74) is 6.74. The SMILES string of the molecule is CCOC(=O)C1=C(CSC#N)OC(N)=C(C#N)[C@@H]1c1cccnc1. The molecule has 0 radical (unpaired) electrons. The molecule has 0 aliphatic carbocycles. The largest absolute Gasteiger partial charge is 0.463 e. The maximum atomic E-state index is 12.5. The number of hydrogen-bond acceptors (Lipinski definition) is 8. The molecule has 0 amide bonds. The predicted octanol–water partition coefficient (Wildman–Crippen LogP) is 1.92. The molecule has 1 atom stereocenters. The third-order valence-electron chi connectivity index (χ3n) is 3.28. The van der Waals surface area contributed by atoms with Crippen molar-refractivity contribution < 1.29 is 14.3 Å². The molecule has 0 saturated carbocycles. The van der Waals surface area contributed by atoms with Gasteiger partial charge in [0.05, 0.1) is 23.9 Å². The van der Waals surface area contributed by atoms with E-state index in [2.05, 4.69) is 4.98 Å². The zero-order chi connectivity index (χ0) is 17.5. The first-order valence-electron chi connectivity index (χ1n) is 7.02. The van der Waals surface area contributed by atoms with Crippen molar-refractivity contribution in [3.05, 3.63) is 52.9 Å². The Hall–Kier alpha value is -2.97. The second-order valence-corrected chi connectivity index (χ2v) is 5.41. The number of nitrogens with two attached hydrogens (primary N) is 1. The van der Waals surface area contributed by atoms with E-state index in [1.807, 2.05) is 11.5 Å². The standard InChI is InChI=1S/C16H14N4O3S/c1-2-22-16(21)14-12(8-24-9-18)23-15(19)11(6-17)13(14)10-4-3-5-20-7-10/h3-5,7,13H,2,8,19H2,1H3/t13-/m0/s1. The van der Waals surface area contributed by atoms with Gasteiger partial charge in [-0.1, -0.05) is 6.07 Å². The number of aromatic nitrogens is 1. The Bertz CT molecular complexity index is 775. The number of ether oxygens (including phenoxy) is 2. The summed E-state index contributed by atoms with van der Waals surface area (Å²) in [5.74, 6) is -1.12. The monoisotopic (exact) mass is 342 g/mol. The Kier molecular flexibility index (Phi) is 5.83. The van der Waals surface area contributed by atoms with Crippen LogP contribution in [-0.2, 0) is 14.3 Å². The number of pyridine rings is 1. The van der Waals surface area contributed by atoms with Crippen LogP contribution in [0.5, 0.6) is 0 Å². The molecule has 2 heterocycles. The van der Waals surface area contributed by atoms with Gasteiger partial charge in [-0.25, -0.2) is 4.79 Å². The van der Waals surface area contributed by atoms with E-state index in [-0.39, 0.29) is 35.1 Å². The van der Waals surface area contributed by atoms with Crippen molar-refractivity contribution in [1.29, 1.82) is 10.5 Å². The van der Waals surface area contributed by atoms with Crippen LogP contribution in [0.4, 0.5) is 0 Å². The van der Waals surface area contributed by atoms with Crippen LogP contribution in [0.15, 0.2) is 47.3 Å². The van der Waals surface area contributed by atoms with E-state index in [1.54, 1.807) is 31.5 Å². The van der Waals surface area contributed by atoms with Crippen molar-refractivity contribution in [3.8, 4) is 11.5 Å². The molecule has 1 aromatic rings. The molecule has 8 heteroatoms. The lowest BCUT2D eigenvalue weighted by Gasteiger charge is -2.27. The third-order valence-corrected chi connectivity index (χ3v) is 3.81. The number of thiocyanates is 1. The van der Waals surface area contributed by atoms with Crippen LogP contribution >= 0.6 is 11.8 Å². The van der Waals surface area contributed by atoms with Crippen LogP contribution in [0.25, 0.3) is 0 Å². The van der Waals surface area contributed by atoms with E-state index in [9.17, 15) is 10.1 Å². The molecule has 0 bridgehead atoms. The normalized spacial score (nSPS) is 16.9. The molecule has 1 aromatic heterocycles. The zero-order valence-corrected chi connectivity index (χ0v) is 13.7. The lowest BCUT2D eigenvalue weighted by atomic mass is 9.84. The van der Waals surface area contributed by atoms with Crippen molar-refractivity contribution in [2.45, 2.75) is 12.8 Å². The number of hydrogen-bond donors (Lipinski definition) is 1. The van der Waals surface area contributed by atoms with Gasteiger partial charge in [0.15, 0.2) is 0 Å². The number of allylic oxidation sites excluding steroid dienone is 1. The second-order valence-electron chi connectivity index (χ2n) is 4.65. The second kappa shape index (κ2) is 8.04. The Balaban J connectivity index is 2.62. The van der Waals surface area contributed by atoms with Crippen molar-refractivity contribution in [2.24, 2.45) is 5.73 Å². The van der Waals surface area contributed by atoms with Gasteiger partial charge in [-0.15, -0.1) is 0 Å². The Morgan fingerprint density at radius 2 is 2.33 bits per heavy atom. The van der Waals surface area contributed by atoms with E-state index in [1.165, 1.54) is 0 Å². The van der Waals surface area contributed by atoms with Gasteiger partial charge in [0.1, 0.15) is 22.8 Å². The minimum absolute atomic E-state index is 0.0899. The molecule has 0 unspecified atom stereocenters. The van der Waals surface area contributed by atoms with Crippen LogP contribution in [0.2, 0.25) is 0 Å². The molecular formula is C16H14N4O3S. The number of thioether (sulfide) groups is 1. The summed E-state index contributed by atoms with van der Waals surface area (Å²) >= 11 is 0.900. The fourth-order valence-electron chi connectivity index (χ4n) is 2.34. The minimum Gasteiger partial charge on any atom is -0.463 e. The summed E-state index contributed by atoms with van der Waals surface area (Å²) in [4.78, 5) is 16.5. The van der Waals surface area contributed by atoms with Crippen LogP contribution in [0, 0.1) is 22.0 Å². The predicted molar refractivity (Wildman–Crippen MR) is 86.6 cm³/mol. The molecule has 0 spiro atoms. The quantitative estimate of drug-likeness (QED) is 0.636. The summed E-state index contributed by atoms with van der Waals surface area (Å²) in [6.07, 6.45) is 3.14. The van der Waals surface area contributed by atoms with Crippen molar-refractivity contribution in [1.82, 2.24) is 4.98 Å². The van der Waals surface area contributed by atoms with Gasteiger partial charge in [0.2, 0.25) is 5.88 Å². The number of esters is 1. The maximum Gasteiger partial charge on any atom is 0.338 e. The van der Waals surface area contributed by atoms with Crippen molar-refractivity contribution in [2.75, 3.05) is 12.4 Å². The summed E-state index contributed by atoms with van der Waals surface area (Å²) in [6.45, 7) is 1.85. The lowest BCUT2D eigenvalue weighted by Crippen LogP contribution is -2.27. The van der Waals surface area contributed by atoms with Crippen LogP contribution in [0.1, 0.15) is 18.4 Å². The number of nitrogens with zero attached hydrogens (tertiary/aromatic N) is 3. The first-order valence-corrected chi connectivity index (χ1v) is 8.01. The molecule has 24 heavy (non-hydrogen) atoms. The fourth-order valence-corrected chi connectivity index (χ4v) is 2.75. The first-order chi connectivity index (χ1) is 11.6. The molecule has 7 nitrogen and oxygen atoms in total. The van der Waals surface area contributed by atoms with Gasteiger partial charge in [-0.2, -0.15) is 10.5 Å². The highest BCUT2D eigenvalue weighted by atomic mass is 32.2. The highest BCUT2D eigenvalue weighted by Gasteiger charge is 2.37. The Morgan fingerprint density at radius 3 is 2.92 bits per heavy atom. The molecule has 0 aromatic carbocycles. The lowest BCUT2D eigenvalue weighted by molar-refractivity contribution is -0.139. The smallest absolute Gasteiger partial charge is 0.338 e. The first kappa shape index (κ1) is 17.4. The number of rotatable bonds is 5. The highest BCUT2D eigenvalue weighted by Crippen LogP contribution is 2.40. The van der Waals surface area contributed by atoms with E-state index in [0.717, 1.165) is 11.8 Å². The van der Waals surface area contributed by atoms with Gasteiger partial charge in [0, 0.05) is 12.4 Å². The fraction of sp³-hybridized carbons (Fsp3) is 0.250. The van der Waals surface area contributed by atoms with Gasteiger partial charge in [-0.05, 0) is 30.3 Å². The number of carbonyl (C=O) groups excluding carboxylic acids is 1. The molecule has 122 valence electrons. The third kappa shape index (κ3) is 3.50. The molecule has 0 saturated heterocycles. The van der Waals surface area contributed by atoms with E-state index in [0.29, 0.717) is 5.56 Å². The summed E-state index contributed by atoms with van der Waals surface area (Å²) in [5, 5.41) is 20.2. The van der Waals surface area contributed by atoms with Gasteiger partial charge >= 0.3 is 5.97 Å². The molecule has 1 aliphatic heterocycles. The Morgan fingerprint density at radius 1 is 1.54 bits per heavy atom. The van der Waals surface area contributed by atoms with Crippen molar-refractivity contribution in [3.63, 3.8) is 0 Å². The molecule has 2 N–H and O–H groups in total. The molecular weight excluding hydrogens is 328 g/mol.